The van der Waals surface area contributed by atoms with E-state index in [0.717, 1.165) is 84.2 Å². The van der Waals surface area contributed by atoms with E-state index in [1.807, 2.05) is 6.08 Å². The van der Waals surface area contributed by atoms with Gasteiger partial charge in [0.2, 0.25) is 5.91 Å². The number of fused-ring (bicyclic) bond motifs is 2. The smallest absolute Gasteiger partial charge is 0.224 e. The van der Waals surface area contributed by atoms with Crippen molar-refractivity contribution in [2.45, 2.75) is 58.8 Å². The van der Waals surface area contributed by atoms with Crippen LogP contribution in [0.5, 0.6) is 0 Å². The van der Waals surface area contributed by atoms with Crippen LogP contribution in [-0.4, -0.2) is 47.8 Å². The standard InChI is InChI=1S/C34H40N6O/c1-3-4-11-32(41)37-25-20-23(2)12-13-24(21-25)27-14-15-29-34(39-27)33(36-17-16-35-29)30-22-26-28(38-30)9-8-10-31(26)40-18-6-5-7-19-40/h8-10,13-15,20-22,35,38H,3-7,11-12,16-19H2,1-2H3,(H,37,41). The molecule has 1 aliphatic carbocycles. The number of carbonyl (C=O) groups is 1. The summed E-state index contributed by atoms with van der Waals surface area (Å²) in [6, 6.07) is 13.0. The van der Waals surface area contributed by atoms with Crippen molar-refractivity contribution in [3.05, 3.63) is 83.0 Å². The summed E-state index contributed by atoms with van der Waals surface area (Å²) in [5.74, 6) is 0.0552. The van der Waals surface area contributed by atoms with Crippen molar-refractivity contribution < 1.29 is 4.79 Å². The molecule has 0 saturated carbocycles. The van der Waals surface area contributed by atoms with E-state index in [-0.39, 0.29) is 5.91 Å². The van der Waals surface area contributed by atoms with E-state index in [2.05, 4.69) is 82.9 Å². The SMILES string of the molecule is CCCCC(=O)NC1=CC(c2ccc3c(n2)C(c2cc4c(N5CCCCC5)cccc4[nH]2)=NCCN3)=CCC(C)=C1. The molecule has 2 aromatic heterocycles. The van der Waals surface area contributed by atoms with Crippen molar-refractivity contribution in [3.63, 3.8) is 0 Å². The molecule has 4 heterocycles. The number of hydrogen-bond acceptors (Lipinski definition) is 5. The summed E-state index contributed by atoms with van der Waals surface area (Å²) >= 11 is 0. The molecule has 6 rings (SSSR count). The number of amides is 1. The van der Waals surface area contributed by atoms with Gasteiger partial charge in [-0.25, -0.2) is 4.98 Å². The van der Waals surface area contributed by atoms with Gasteiger partial charge in [0.15, 0.2) is 0 Å². The Bertz CT molecular complexity index is 1570. The molecule has 7 heteroatoms. The molecule has 3 aromatic rings. The molecule has 2 aliphatic heterocycles. The van der Waals surface area contributed by atoms with Crippen molar-refractivity contribution in [1.82, 2.24) is 15.3 Å². The van der Waals surface area contributed by atoms with Gasteiger partial charge in [0.25, 0.3) is 0 Å². The molecule has 3 N–H and O–H groups in total. The predicted octanol–water partition coefficient (Wildman–Crippen LogP) is 6.74. The Labute approximate surface area is 242 Å². The molecule has 0 spiro atoms. The second kappa shape index (κ2) is 12.2. The van der Waals surface area contributed by atoms with Crippen LogP contribution in [-0.2, 0) is 4.79 Å². The normalized spacial score (nSPS) is 17.4. The van der Waals surface area contributed by atoms with Crippen molar-refractivity contribution >= 4 is 39.5 Å². The highest BCUT2D eigenvalue weighted by molar-refractivity contribution is 6.16. The van der Waals surface area contributed by atoms with Gasteiger partial charge in [-0.05, 0) is 87.1 Å². The summed E-state index contributed by atoms with van der Waals surface area (Å²) in [7, 11) is 0. The second-order valence-corrected chi connectivity index (χ2v) is 11.3. The number of H-pyrrole nitrogens is 1. The van der Waals surface area contributed by atoms with Gasteiger partial charge in [0.05, 0.1) is 23.6 Å². The maximum Gasteiger partial charge on any atom is 0.224 e. The fraction of sp³-hybridized carbons (Fsp3) is 0.382. The molecule has 0 atom stereocenters. The molecule has 0 radical (unpaired) electrons. The number of aromatic nitrogens is 2. The average molecular weight is 549 g/mol. The lowest BCUT2D eigenvalue weighted by atomic mass is 10.1. The molecular weight excluding hydrogens is 508 g/mol. The maximum atomic E-state index is 12.5. The molecular formula is C34H40N6O. The summed E-state index contributed by atoms with van der Waals surface area (Å²) < 4.78 is 0. The summed E-state index contributed by atoms with van der Waals surface area (Å²) in [5, 5.41) is 7.87. The van der Waals surface area contributed by atoms with Gasteiger partial charge in [-0.15, -0.1) is 0 Å². The van der Waals surface area contributed by atoms with E-state index in [9.17, 15) is 4.79 Å². The molecule has 212 valence electrons. The molecule has 1 fully saturated rings. The quantitative estimate of drug-likeness (QED) is 0.305. The van der Waals surface area contributed by atoms with Crippen LogP contribution in [0.25, 0.3) is 16.5 Å². The van der Waals surface area contributed by atoms with Crippen LogP contribution in [0.3, 0.4) is 0 Å². The highest BCUT2D eigenvalue weighted by Crippen LogP contribution is 2.32. The minimum Gasteiger partial charge on any atom is -0.381 e. The van der Waals surface area contributed by atoms with E-state index >= 15 is 0 Å². The van der Waals surface area contributed by atoms with Crippen molar-refractivity contribution in [1.29, 1.82) is 0 Å². The van der Waals surface area contributed by atoms with E-state index < -0.39 is 0 Å². The Kier molecular flexibility index (Phi) is 8.03. The average Bonchev–Trinajstić information content (AvgIpc) is 3.19. The van der Waals surface area contributed by atoms with Gasteiger partial charge in [0, 0.05) is 48.3 Å². The van der Waals surface area contributed by atoms with Gasteiger partial charge in [-0.3, -0.25) is 9.79 Å². The summed E-state index contributed by atoms with van der Waals surface area (Å²) in [6.45, 7) is 7.85. The molecule has 1 saturated heterocycles. The lowest BCUT2D eigenvalue weighted by Crippen LogP contribution is -2.29. The van der Waals surface area contributed by atoms with Crippen LogP contribution >= 0.6 is 0 Å². The lowest BCUT2D eigenvalue weighted by Gasteiger charge is -2.29. The van der Waals surface area contributed by atoms with E-state index in [4.69, 9.17) is 9.98 Å². The number of piperidine rings is 1. The Hall–Kier alpha value is -4.13. The monoisotopic (exact) mass is 548 g/mol. The number of aromatic amines is 1. The van der Waals surface area contributed by atoms with Gasteiger partial charge >= 0.3 is 0 Å². The number of nitrogens with one attached hydrogen (secondary N) is 3. The lowest BCUT2D eigenvalue weighted by molar-refractivity contribution is -0.120. The third-order valence-electron chi connectivity index (χ3n) is 8.10. The largest absolute Gasteiger partial charge is 0.381 e. The highest BCUT2D eigenvalue weighted by Gasteiger charge is 2.22. The summed E-state index contributed by atoms with van der Waals surface area (Å²) in [6.07, 6.45) is 13.3. The number of allylic oxidation sites excluding steroid dienone is 5. The maximum absolute atomic E-state index is 12.5. The second-order valence-electron chi connectivity index (χ2n) is 11.3. The molecule has 41 heavy (non-hydrogen) atoms. The first kappa shape index (κ1) is 27.1. The van der Waals surface area contributed by atoms with Gasteiger partial charge in [-0.1, -0.05) is 31.1 Å². The summed E-state index contributed by atoms with van der Waals surface area (Å²) in [5.41, 5.74) is 10.0. The number of anilines is 2. The number of carbonyl (C=O) groups excluding carboxylic acids is 1. The Morgan fingerprint density at radius 2 is 1.98 bits per heavy atom. The molecule has 1 amide bonds. The van der Waals surface area contributed by atoms with Crippen LogP contribution in [0.4, 0.5) is 11.4 Å². The highest BCUT2D eigenvalue weighted by atomic mass is 16.1. The molecule has 1 aromatic carbocycles. The predicted molar refractivity (Wildman–Crippen MR) is 170 cm³/mol. The number of unbranched alkanes of at least 4 members (excludes halogenated alkanes) is 1. The zero-order chi connectivity index (χ0) is 28.2. The number of nitrogens with zero attached hydrogens (tertiary/aromatic N) is 3. The number of hydrogen-bond donors (Lipinski definition) is 3. The third kappa shape index (κ3) is 5.99. The minimum absolute atomic E-state index is 0.0552. The van der Waals surface area contributed by atoms with E-state index in [1.54, 1.807) is 0 Å². The Balaban J connectivity index is 1.35. The Morgan fingerprint density at radius 1 is 1.10 bits per heavy atom. The first-order chi connectivity index (χ1) is 20.1. The van der Waals surface area contributed by atoms with Crippen LogP contribution in [0.1, 0.15) is 75.9 Å². The fourth-order valence-corrected chi connectivity index (χ4v) is 5.94. The van der Waals surface area contributed by atoms with Crippen LogP contribution in [0.2, 0.25) is 0 Å². The van der Waals surface area contributed by atoms with Gasteiger partial charge < -0.3 is 20.5 Å². The van der Waals surface area contributed by atoms with Crippen molar-refractivity contribution in [2.75, 3.05) is 36.4 Å². The number of aliphatic imine (C=N–C) groups is 1. The fourth-order valence-electron chi connectivity index (χ4n) is 5.94. The molecule has 0 unspecified atom stereocenters. The number of benzene rings is 1. The third-order valence-corrected chi connectivity index (χ3v) is 8.10. The minimum atomic E-state index is 0.0552. The van der Waals surface area contributed by atoms with Crippen LogP contribution in [0.15, 0.2) is 70.9 Å². The van der Waals surface area contributed by atoms with E-state index in [0.29, 0.717) is 13.0 Å². The molecule has 0 bridgehead atoms. The van der Waals surface area contributed by atoms with Gasteiger partial charge in [-0.2, -0.15) is 0 Å². The Morgan fingerprint density at radius 3 is 2.83 bits per heavy atom. The van der Waals surface area contributed by atoms with Crippen molar-refractivity contribution in [2.24, 2.45) is 4.99 Å². The zero-order valence-electron chi connectivity index (χ0n) is 24.2. The van der Waals surface area contributed by atoms with Crippen LogP contribution < -0.4 is 15.5 Å². The first-order valence-corrected chi connectivity index (χ1v) is 15.1. The topological polar surface area (TPSA) is 85.4 Å². The molecule has 7 nitrogen and oxygen atoms in total. The van der Waals surface area contributed by atoms with Gasteiger partial charge in [0.1, 0.15) is 11.4 Å². The summed E-state index contributed by atoms with van der Waals surface area (Å²) in [4.78, 5) is 28.9. The number of pyridine rings is 1. The van der Waals surface area contributed by atoms with E-state index in [1.165, 1.54) is 35.9 Å². The van der Waals surface area contributed by atoms with Crippen LogP contribution in [0, 0.1) is 0 Å². The molecule has 3 aliphatic rings. The first-order valence-electron chi connectivity index (χ1n) is 15.1. The zero-order valence-corrected chi connectivity index (χ0v) is 24.2. The number of rotatable bonds is 7. The van der Waals surface area contributed by atoms with Crippen molar-refractivity contribution in [3.8, 4) is 0 Å².